The summed E-state index contributed by atoms with van der Waals surface area (Å²) in [6, 6.07) is 12.1. The number of nitrogens with two attached hydrogens (primary N) is 1. The van der Waals surface area contributed by atoms with Crippen LogP contribution in [0.5, 0.6) is 17.2 Å². The van der Waals surface area contributed by atoms with Crippen LogP contribution in [-0.2, 0) is 6.61 Å². The first-order valence-corrected chi connectivity index (χ1v) is 5.53. The Morgan fingerprint density at radius 3 is 2.44 bits per heavy atom. The second-order valence-corrected chi connectivity index (χ2v) is 3.87. The molecule has 0 saturated heterocycles. The number of benzene rings is 2. The van der Waals surface area contributed by atoms with E-state index in [-0.39, 0.29) is 5.75 Å². The third-order valence-electron chi connectivity index (χ3n) is 2.52. The van der Waals surface area contributed by atoms with E-state index < -0.39 is 0 Å². The first-order valence-electron chi connectivity index (χ1n) is 5.53. The van der Waals surface area contributed by atoms with Gasteiger partial charge in [0.15, 0.2) is 11.5 Å². The molecule has 0 bridgehead atoms. The minimum atomic E-state index is 0.240. The molecule has 0 spiro atoms. The molecule has 0 amide bonds. The standard InChI is InChI=1S/C14H15NO3/c1-17-14-8-11(15)4-7-13(14)18-9-10-2-5-12(16)6-3-10/h2-8,16H,9,15H2,1H3. The number of anilines is 1. The smallest absolute Gasteiger partial charge is 0.162 e. The fraction of sp³-hybridized carbons (Fsp3) is 0.143. The number of aromatic hydroxyl groups is 1. The number of rotatable bonds is 4. The van der Waals surface area contributed by atoms with Crippen molar-refractivity contribution in [1.82, 2.24) is 0 Å². The second-order valence-electron chi connectivity index (χ2n) is 3.87. The minimum absolute atomic E-state index is 0.240. The molecule has 0 saturated carbocycles. The molecule has 0 aromatic heterocycles. The first kappa shape index (κ1) is 12.1. The lowest BCUT2D eigenvalue weighted by atomic mass is 10.2. The van der Waals surface area contributed by atoms with Crippen molar-refractivity contribution in [1.29, 1.82) is 0 Å². The molecule has 0 radical (unpaired) electrons. The van der Waals surface area contributed by atoms with E-state index in [9.17, 15) is 5.11 Å². The van der Waals surface area contributed by atoms with Gasteiger partial charge in [-0.15, -0.1) is 0 Å². The van der Waals surface area contributed by atoms with Crippen LogP contribution in [0.3, 0.4) is 0 Å². The molecule has 0 aliphatic heterocycles. The predicted octanol–water partition coefficient (Wildman–Crippen LogP) is 2.56. The lowest BCUT2D eigenvalue weighted by molar-refractivity contribution is 0.284. The van der Waals surface area contributed by atoms with E-state index in [1.807, 2.05) is 0 Å². The van der Waals surface area contributed by atoms with Gasteiger partial charge in [0, 0.05) is 11.8 Å². The second kappa shape index (κ2) is 5.31. The molecule has 0 fully saturated rings. The average Bonchev–Trinajstić information content (AvgIpc) is 2.39. The van der Waals surface area contributed by atoms with Gasteiger partial charge in [0.05, 0.1) is 7.11 Å². The van der Waals surface area contributed by atoms with Gasteiger partial charge < -0.3 is 20.3 Å². The van der Waals surface area contributed by atoms with E-state index in [1.165, 1.54) is 0 Å². The Balaban J connectivity index is 2.08. The summed E-state index contributed by atoms with van der Waals surface area (Å²) in [7, 11) is 1.57. The van der Waals surface area contributed by atoms with Gasteiger partial charge in [-0.2, -0.15) is 0 Å². The van der Waals surface area contributed by atoms with Crippen LogP contribution in [-0.4, -0.2) is 12.2 Å². The predicted molar refractivity (Wildman–Crippen MR) is 69.8 cm³/mol. The number of hydrogen-bond acceptors (Lipinski definition) is 4. The maximum atomic E-state index is 9.18. The third kappa shape index (κ3) is 2.85. The highest BCUT2D eigenvalue weighted by molar-refractivity contribution is 5.51. The number of methoxy groups -OCH3 is 1. The van der Waals surface area contributed by atoms with Crippen LogP contribution in [0.4, 0.5) is 5.69 Å². The molecule has 0 heterocycles. The fourth-order valence-electron chi connectivity index (χ4n) is 1.56. The number of nitrogen functional groups attached to an aromatic ring is 1. The molecule has 0 aliphatic carbocycles. The van der Waals surface area contributed by atoms with E-state index in [4.69, 9.17) is 15.2 Å². The first-order chi connectivity index (χ1) is 8.69. The Morgan fingerprint density at radius 2 is 1.78 bits per heavy atom. The van der Waals surface area contributed by atoms with Gasteiger partial charge in [-0.25, -0.2) is 0 Å². The molecule has 0 atom stereocenters. The van der Waals surface area contributed by atoms with Gasteiger partial charge >= 0.3 is 0 Å². The molecule has 2 rings (SSSR count). The minimum Gasteiger partial charge on any atom is -0.508 e. The summed E-state index contributed by atoms with van der Waals surface area (Å²) in [5.74, 6) is 1.48. The number of phenols is 1. The van der Waals surface area contributed by atoms with Crippen molar-refractivity contribution in [2.75, 3.05) is 12.8 Å². The molecule has 3 N–H and O–H groups in total. The zero-order valence-electron chi connectivity index (χ0n) is 10.1. The van der Waals surface area contributed by atoms with E-state index in [1.54, 1.807) is 49.6 Å². The molecular formula is C14H15NO3. The molecule has 0 aliphatic rings. The van der Waals surface area contributed by atoms with Crippen LogP contribution >= 0.6 is 0 Å². The van der Waals surface area contributed by atoms with E-state index in [0.717, 1.165) is 5.56 Å². The zero-order valence-corrected chi connectivity index (χ0v) is 10.1. The van der Waals surface area contributed by atoms with Gasteiger partial charge in [0.25, 0.3) is 0 Å². The average molecular weight is 245 g/mol. The largest absolute Gasteiger partial charge is 0.508 e. The summed E-state index contributed by atoms with van der Waals surface area (Å²) >= 11 is 0. The maximum Gasteiger partial charge on any atom is 0.162 e. The molecule has 0 unspecified atom stereocenters. The molecule has 2 aromatic rings. The number of hydrogen-bond donors (Lipinski definition) is 2. The summed E-state index contributed by atoms with van der Waals surface area (Å²) in [6.45, 7) is 0.403. The van der Waals surface area contributed by atoms with Crippen molar-refractivity contribution in [2.45, 2.75) is 6.61 Å². The summed E-state index contributed by atoms with van der Waals surface area (Å²) in [6.07, 6.45) is 0. The Morgan fingerprint density at radius 1 is 1.06 bits per heavy atom. The molecule has 94 valence electrons. The highest BCUT2D eigenvalue weighted by Gasteiger charge is 2.04. The Labute approximate surface area is 106 Å². The molecule has 2 aromatic carbocycles. The van der Waals surface area contributed by atoms with Crippen molar-refractivity contribution in [3.05, 3.63) is 48.0 Å². The van der Waals surface area contributed by atoms with Crippen molar-refractivity contribution < 1.29 is 14.6 Å². The van der Waals surface area contributed by atoms with Crippen molar-refractivity contribution >= 4 is 5.69 Å². The van der Waals surface area contributed by atoms with E-state index >= 15 is 0 Å². The van der Waals surface area contributed by atoms with Gasteiger partial charge in [-0.3, -0.25) is 0 Å². The van der Waals surface area contributed by atoms with Crippen molar-refractivity contribution in [2.24, 2.45) is 0 Å². The van der Waals surface area contributed by atoms with Crippen molar-refractivity contribution in [3.8, 4) is 17.2 Å². The lowest BCUT2D eigenvalue weighted by Crippen LogP contribution is -1.98. The summed E-state index contributed by atoms with van der Waals surface area (Å²) in [4.78, 5) is 0. The van der Waals surface area contributed by atoms with Crippen LogP contribution in [0.2, 0.25) is 0 Å². The van der Waals surface area contributed by atoms with E-state index in [2.05, 4.69) is 0 Å². The Bertz CT molecular complexity index is 523. The highest BCUT2D eigenvalue weighted by Crippen LogP contribution is 2.29. The van der Waals surface area contributed by atoms with Gasteiger partial charge in [0.2, 0.25) is 0 Å². The van der Waals surface area contributed by atoms with Crippen LogP contribution in [0.25, 0.3) is 0 Å². The Kier molecular flexibility index (Phi) is 3.57. The van der Waals surface area contributed by atoms with Gasteiger partial charge in [0.1, 0.15) is 12.4 Å². The normalized spacial score (nSPS) is 10.1. The fourth-order valence-corrected chi connectivity index (χ4v) is 1.56. The van der Waals surface area contributed by atoms with Gasteiger partial charge in [-0.1, -0.05) is 12.1 Å². The highest BCUT2D eigenvalue weighted by atomic mass is 16.5. The third-order valence-corrected chi connectivity index (χ3v) is 2.52. The lowest BCUT2D eigenvalue weighted by Gasteiger charge is -2.11. The summed E-state index contributed by atoms with van der Waals surface area (Å²) in [5, 5.41) is 9.18. The number of phenolic OH excluding ortho intramolecular Hbond substituents is 1. The quantitative estimate of drug-likeness (QED) is 0.812. The topological polar surface area (TPSA) is 64.7 Å². The molecular weight excluding hydrogens is 230 g/mol. The molecule has 4 heteroatoms. The Hall–Kier alpha value is -2.36. The van der Waals surface area contributed by atoms with Gasteiger partial charge in [-0.05, 0) is 29.8 Å². The summed E-state index contributed by atoms with van der Waals surface area (Å²) < 4.78 is 10.8. The van der Waals surface area contributed by atoms with Crippen LogP contribution in [0.1, 0.15) is 5.56 Å². The summed E-state index contributed by atoms with van der Waals surface area (Å²) in [5.41, 5.74) is 7.26. The number of ether oxygens (including phenoxy) is 2. The SMILES string of the molecule is COc1cc(N)ccc1OCc1ccc(O)cc1. The van der Waals surface area contributed by atoms with Crippen LogP contribution in [0, 0.1) is 0 Å². The monoisotopic (exact) mass is 245 g/mol. The molecule has 18 heavy (non-hydrogen) atoms. The molecule has 4 nitrogen and oxygen atoms in total. The van der Waals surface area contributed by atoms with E-state index in [0.29, 0.717) is 23.8 Å². The van der Waals surface area contributed by atoms with Crippen LogP contribution < -0.4 is 15.2 Å². The van der Waals surface area contributed by atoms with Crippen molar-refractivity contribution in [3.63, 3.8) is 0 Å². The zero-order chi connectivity index (χ0) is 13.0. The maximum absolute atomic E-state index is 9.18. The van der Waals surface area contributed by atoms with Crippen LogP contribution in [0.15, 0.2) is 42.5 Å².